The second-order valence-corrected chi connectivity index (χ2v) is 13.4. The topological polar surface area (TPSA) is 64.5 Å². The summed E-state index contributed by atoms with van der Waals surface area (Å²) in [6, 6.07) is 56.9. The Bertz CT molecular complexity index is 2840. The zero-order valence-corrected chi connectivity index (χ0v) is 29.1. The van der Waals surface area contributed by atoms with E-state index in [2.05, 4.69) is 132 Å². The Kier molecular flexibility index (Phi) is 7.73. The van der Waals surface area contributed by atoms with Crippen molar-refractivity contribution >= 4 is 32.7 Å². The first kappa shape index (κ1) is 31.4. The molecule has 0 fully saturated rings. The van der Waals surface area contributed by atoms with Gasteiger partial charge in [-0.05, 0) is 69.8 Å². The van der Waals surface area contributed by atoms with Gasteiger partial charge in [-0.3, -0.25) is 15.0 Å². The second kappa shape index (κ2) is 13.3. The van der Waals surface area contributed by atoms with Crippen LogP contribution in [0.4, 0.5) is 0 Å². The van der Waals surface area contributed by atoms with Crippen LogP contribution in [0.5, 0.6) is 0 Å². The maximum Gasteiger partial charge on any atom is 0.0978 e. The molecule has 0 saturated heterocycles. The van der Waals surface area contributed by atoms with Crippen LogP contribution in [0.3, 0.4) is 0 Å². The summed E-state index contributed by atoms with van der Waals surface area (Å²) in [5, 5.41) is 3.27. The van der Waals surface area contributed by atoms with Crippen molar-refractivity contribution in [3.8, 4) is 67.2 Å². The van der Waals surface area contributed by atoms with Crippen molar-refractivity contribution in [2.75, 3.05) is 0 Å². The molecule has 0 amide bonds. The van der Waals surface area contributed by atoms with Gasteiger partial charge in [-0.15, -0.1) is 0 Å². The summed E-state index contributed by atoms with van der Waals surface area (Å²) in [6.07, 6.45) is 7.45. The Labute approximate surface area is 312 Å². The highest BCUT2D eigenvalue weighted by Gasteiger charge is 2.16. The minimum absolute atomic E-state index is 0.813. The van der Waals surface area contributed by atoms with Crippen LogP contribution in [0.25, 0.3) is 99.9 Å². The van der Waals surface area contributed by atoms with Crippen LogP contribution in [0.2, 0.25) is 0 Å². The third-order valence-electron chi connectivity index (χ3n) is 10.1. The van der Waals surface area contributed by atoms with E-state index in [0.29, 0.717) is 0 Å². The first-order valence-corrected chi connectivity index (χ1v) is 18.0. The summed E-state index contributed by atoms with van der Waals surface area (Å²) in [7, 11) is 0. The molecule has 10 aromatic rings. The van der Waals surface area contributed by atoms with Crippen molar-refractivity contribution in [2.45, 2.75) is 0 Å². The highest BCUT2D eigenvalue weighted by molar-refractivity contribution is 6.15. The predicted octanol–water partition coefficient (Wildman–Crippen LogP) is 12.1. The molecule has 0 aliphatic carbocycles. The lowest BCUT2D eigenvalue weighted by Crippen LogP contribution is -1.94. The van der Waals surface area contributed by atoms with Gasteiger partial charge in [0.05, 0.1) is 33.6 Å². The van der Waals surface area contributed by atoms with Gasteiger partial charge in [0, 0.05) is 57.6 Å². The van der Waals surface area contributed by atoms with Gasteiger partial charge < -0.3 is 0 Å². The van der Waals surface area contributed by atoms with Crippen molar-refractivity contribution < 1.29 is 0 Å². The van der Waals surface area contributed by atoms with Gasteiger partial charge >= 0.3 is 0 Å². The first-order chi connectivity index (χ1) is 26.7. The highest BCUT2D eigenvalue weighted by atomic mass is 14.8. The van der Waals surface area contributed by atoms with E-state index in [-0.39, 0.29) is 0 Å². The van der Waals surface area contributed by atoms with Gasteiger partial charge in [-0.1, -0.05) is 127 Å². The standard InChI is InChI=1S/C49H31N5/c1-2-8-32(9-3-1)39-23-25-44(52-31-39)46-29-40(28-45(53-46)35-18-14-33(15-19-35)38-11-6-26-50-30-38)34-16-20-36(21-17-34)47-41-12-4-5-13-43(41)54-49-42(47)24-22-37-10-7-27-51-48(37)49/h1-31H. The lowest BCUT2D eigenvalue weighted by Gasteiger charge is -2.14. The van der Waals surface area contributed by atoms with E-state index in [1.54, 1.807) is 6.20 Å². The van der Waals surface area contributed by atoms with Crippen LogP contribution in [0.1, 0.15) is 0 Å². The van der Waals surface area contributed by atoms with E-state index in [9.17, 15) is 0 Å². The van der Waals surface area contributed by atoms with Crippen LogP contribution in [0.15, 0.2) is 189 Å². The van der Waals surface area contributed by atoms with E-state index in [1.165, 1.54) is 0 Å². The van der Waals surface area contributed by atoms with Crippen LogP contribution in [-0.4, -0.2) is 24.9 Å². The fourth-order valence-electron chi connectivity index (χ4n) is 7.32. The Morgan fingerprint density at radius 2 is 1.00 bits per heavy atom. The van der Waals surface area contributed by atoms with Crippen LogP contribution < -0.4 is 0 Å². The minimum Gasteiger partial charge on any atom is -0.264 e. The quantitative estimate of drug-likeness (QED) is 0.128. The summed E-state index contributed by atoms with van der Waals surface area (Å²) in [4.78, 5) is 24.2. The first-order valence-electron chi connectivity index (χ1n) is 18.0. The average molecular weight is 690 g/mol. The van der Waals surface area contributed by atoms with Gasteiger partial charge in [0.2, 0.25) is 0 Å². The van der Waals surface area contributed by atoms with Gasteiger partial charge in [-0.2, -0.15) is 0 Å². The molecule has 0 radical (unpaired) electrons. The number of para-hydroxylation sites is 1. The van der Waals surface area contributed by atoms with E-state index in [1.807, 2.05) is 55.0 Å². The Hall–Kier alpha value is -7.37. The Morgan fingerprint density at radius 3 is 1.80 bits per heavy atom. The number of fused-ring (bicyclic) bond motifs is 4. The van der Waals surface area contributed by atoms with Gasteiger partial charge in [0.1, 0.15) is 0 Å². The molecule has 0 saturated carbocycles. The van der Waals surface area contributed by atoms with Gasteiger partial charge in [-0.25, -0.2) is 9.97 Å². The molecule has 0 aliphatic heterocycles. The molecule has 0 unspecified atom stereocenters. The smallest absolute Gasteiger partial charge is 0.0978 e. The van der Waals surface area contributed by atoms with Gasteiger partial charge in [0.15, 0.2) is 0 Å². The zero-order chi connectivity index (χ0) is 35.8. The molecule has 54 heavy (non-hydrogen) atoms. The molecule has 0 N–H and O–H groups in total. The van der Waals surface area contributed by atoms with E-state index >= 15 is 0 Å². The number of hydrogen-bond donors (Lipinski definition) is 0. The molecule has 10 rings (SSSR count). The molecular formula is C49H31N5. The zero-order valence-electron chi connectivity index (χ0n) is 29.1. The molecule has 0 atom stereocenters. The van der Waals surface area contributed by atoms with Crippen LogP contribution in [-0.2, 0) is 0 Å². The monoisotopic (exact) mass is 689 g/mol. The molecule has 5 nitrogen and oxygen atoms in total. The normalized spacial score (nSPS) is 11.3. The van der Waals surface area contributed by atoms with Gasteiger partial charge in [0.25, 0.3) is 0 Å². The van der Waals surface area contributed by atoms with E-state index in [4.69, 9.17) is 19.9 Å². The SMILES string of the molecule is c1ccc(-c2ccc(-c3cc(-c4ccc(-c5c6ccccc6nc6c5ccc5cccnc56)cc4)cc(-c4ccc(-c5cccnc5)cc4)n3)nc2)cc1. The number of pyridine rings is 5. The number of nitrogens with zero attached hydrogens (tertiary/aromatic N) is 5. The predicted molar refractivity (Wildman–Crippen MR) is 221 cm³/mol. The molecular weight excluding hydrogens is 659 g/mol. The molecule has 5 aromatic carbocycles. The molecule has 5 heteroatoms. The van der Waals surface area contributed by atoms with Crippen LogP contribution >= 0.6 is 0 Å². The lowest BCUT2D eigenvalue weighted by molar-refractivity contribution is 1.25. The number of aromatic nitrogens is 5. The number of rotatable bonds is 6. The van der Waals surface area contributed by atoms with Crippen molar-refractivity contribution in [3.63, 3.8) is 0 Å². The fourth-order valence-corrected chi connectivity index (χ4v) is 7.32. The lowest BCUT2D eigenvalue weighted by atomic mass is 9.93. The Morgan fingerprint density at radius 1 is 0.333 bits per heavy atom. The molecule has 0 bridgehead atoms. The summed E-state index contributed by atoms with van der Waals surface area (Å²) in [5.41, 5.74) is 15.1. The minimum atomic E-state index is 0.813. The van der Waals surface area contributed by atoms with Crippen LogP contribution in [0, 0.1) is 0 Å². The van der Waals surface area contributed by atoms with Crippen molar-refractivity contribution in [2.24, 2.45) is 0 Å². The van der Waals surface area contributed by atoms with Crippen molar-refractivity contribution in [1.82, 2.24) is 24.9 Å². The summed E-state index contributed by atoms with van der Waals surface area (Å²) in [5.74, 6) is 0. The molecule has 252 valence electrons. The molecule has 0 aliphatic rings. The maximum atomic E-state index is 5.17. The second-order valence-electron chi connectivity index (χ2n) is 13.4. The Balaban J connectivity index is 1.09. The third kappa shape index (κ3) is 5.74. The third-order valence-corrected chi connectivity index (χ3v) is 10.1. The number of hydrogen-bond acceptors (Lipinski definition) is 5. The number of benzene rings is 5. The molecule has 5 heterocycles. The molecule has 0 spiro atoms. The van der Waals surface area contributed by atoms with Crippen molar-refractivity contribution in [1.29, 1.82) is 0 Å². The van der Waals surface area contributed by atoms with Crippen molar-refractivity contribution in [3.05, 3.63) is 189 Å². The largest absolute Gasteiger partial charge is 0.264 e. The average Bonchev–Trinajstić information content (AvgIpc) is 3.26. The maximum absolute atomic E-state index is 5.17. The van der Waals surface area contributed by atoms with E-state index < -0.39 is 0 Å². The molecule has 5 aromatic heterocycles. The van der Waals surface area contributed by atoms with E-state index in [0.717, 1.165) is 99.9 Å². The summed E-state index contributed by atoms with van der Waals surface area (Å²) in [6.45, 7) is 0. The summed E-state index contributed by atoms with van der Waals surface area (Å²) >= 11 is 0. The summed E-state index contributed by atoms with van der Waals surface area (Å²) < 4.78 is 0. The fraction of sp³-hybridized carbons (Fsp3) is 0. The highest BCUT2D eigenvalue weighted by Crippen LogP contribution is 2.39.